The predicted molar refractivity (Wildman–Crippen MR) is 149 cm³/mol. The lowest BCUT2D eigenvalue weighted by Gasteiger charge is -2.44. The highest BCUT2D eigenvalue weighted by Crippen LogP contribution is 2.37. The van der Waals surface area contributed by atoms with Gasteiger partial charge in [0.25, 0.3) is 5.91 Å². The maximum absolute atomic E-state index is 15.7. The topological polar surface area (TPSA) is 107 Å². The van der Waals surface area contributed by atoms with Gasteiger partial charge < -0.3 is 24.8 Å². The van der Waals surface area contributed by atoms with E-state index in [1.807, 2.05) is 37.7 Å². The van der Waals surface area contributed by atoms with E-state index in [0.717, 1.165) is 6.20 Å². The number of aromatic nitrogens is 3. The molecule has 42 heavy (non-hydrogen) atoms. The van der Waals surface area contributed by atoms with Crippen LogP contribution in [0, 0.1) is 5.82 Å². The highest BCUT2D eigenvalue weighted by Gasteiger charge is 2.36. The number of amides is 1. The van der Waals surface area contributed by atoms with Crippen LogP contribution >= 0.6 is 0 Å². The minimum Gasteiger partial charge on any atom is -0.377 e. The van der Waals surface area contributed by atoms with Crippen molar-refractivity contribution in [3.8, 4) is 11.1 Å². The molecule has 0 saturated carbocycles. The molecular weight excluding hydrogens is 558 g/mol. The number of alkyl halides is 3. The van der Waals surface area contributed by atoms with Gasteiger partial charge >= 0.3 is 6.18 Å². The first-order valence-electron chi connectivity index (χ1n) is 13.4. The number of rotatable bonds is 6. The third-order valence-corrected chi connectivity index (χ3v) is 7.94. The van der Waals surface area contributed by atoms with Gasteiger partial charge in [-0.05, 0) is 33.0 Å². The van der Waals surface area contributed by atoms with Crippen molar-refractivity contribution in [1.29, 1.82) is 0 Å². The summed E-state index contributed by atoms with van der Waals surface area (Å²) in [5.41, 5.74) is -2.35. The Hall–Kier alpha value is -4.04. The van der Waals surface area contributed by atoms with Crippen LogP contribution in [0.15, 0.2) is 41.6 Å². The number of piperazine rings is 1. The number of ether oxygens (including phenoxy) is 1. The van der Waals surface area contributed by atoms with Crippen LogP contribution in [0.1, 0.15) is 29.8 Å². The van der Waals surface area contributed by atoms with Crippen LogP contribution in [0.25, 0.3) is 11.1 Å². The summed E-state index contributed by atoms with van der Waals surface area (Å²) in [6.45, 7) is 6.10. The molecule has 2 fully saturated rings. The number of anilines is 3. The minimum absolute atomic E-state index is 0.0583. The number of nitrogens with zero attached hydrogens (tertiary/aromatic N) is 5. The number of likely N-dealkylation sites (N-methyl/N-ethyl adjacent to an activating group) is 2. The van der Waals surface area contributed by atoms with Gasteiger partial charge in [-0.1, -0.05) is 0 Å². The van der Waals surface area contributed by atoms with Crippen LogP contribution < -0.4 is 20.7 Å². The van der Waals surface area contributed by atoms with E-state index in [0.29, 0.717) is 49.6 Å². The van der Waals surface area contributed by atoms with Crippen molar-refractivity contribution in [3.63, 3.8) is 0 Å². The molecule has 0 aliphatic carbocycles. The number of H-pyrrole nitrogens is 1. The third-order valence-electron chi connectivity index (χ3n) is 7.94. The van der Waals surface area contributed by atoms with E-state index < -0.39 is 34.6 Å². The lowest BCUT2D eigenvalue weighted by atomic mass is 10.0. The Labute approximate surface area is 239 Å². The number of hydrogen-bond acceptors (Lipinski definition) is 8. The van der Waals surface area contributed by atoms with Gasteiger partial charge in [-0.2, -0.15) is 13.2 Å². The summed E-state index contributed by atoms with van der Waals surface area (Å²) in [5, 5.41) is 2.55. The van der Waals surface area contributed by atoms with Crippen LogP contribution in [0.5, 0.6) is 0 Å². The average molecular weight is 590 g/mol. The monoisotopic (exact) mass is 589 g/mol. The normalized spacial score (nSPS) is 19.9. The Morgan fingerprint density at radius 1 is 1.12 bits per heavy atom. The number of pyridine rings is 1. The summed E-state index contributed by atoms with van der Waals surface area (Å²) in [5.74, 6) is -1.29. The summed E-state index contributed by atoms with van der Waals surface area (Å²) in [6.07, 6.45) is -1.32. The quantitative estimate of drug-likeness (QED) is 0.421. The van der Waals surface area contributed by atoms with Crippen LogP contribution in [0.4, 0.5) is 34.9 Å². The molecule has 10 nitrogen and oxygen atoms in total. The zero-order valence-electron chi connectivity index (χ0n) is 23.5. The molecule has 2 atom stereocenters. The summed E-state index contributed by atoms with van der Waals surface area (Å²) < 4.78 is 62.0. The van der Waals surface area contributed by atoms with Gasteiger partial charge in [-0.15, -0.1) is 0 Å². The predicted octanol–water partition coefficient (Wildman–Crippen LogP) is 3.61. The Kier molecular flexibility index (Phi) is 7.94. The number of aromatic amines is 1. The standard InChI is InChI=1S/C28H31F4N7O3/c1-15-11-39(12-16(2)37(15)3)24-7-22(29)19(17-8-34-27(35-9-17)38(4)18-13-42-14-18)5-23(24)36-26(41)20-10-33-25(40)6-21(20)28(30,31)32/h5-10,15-16,18H,11-14H2,1-4H3,(H,33,40)(H,36,41)/t15-,16+. The van der Waals surface area contributed by atoms with Crippen molar-refractivity contribution in [2.75, 3.05) is 55.5 Å². The summed E-state index contributed by atoms with van der Waals surface area (Å²) in [7, 11) is 3.81. The molecule has 2 aliphatic rings. The fourth-order valence-corrected chi connectivity index (χ4v) is 5.08. The van der Waals surface area contributed by atoms with Gasteiger partial charge in [0.05, 0.1) is 41.8 Å². The number of carbonyl (C=O) groups excluding carboxylic acids is 1. The van der Waals surface area contributed by atoms with Crippen LogP contribution in [-0.2, 0) is 10.9 Å². The van der Waals surface area contributed by atoms with Crippen LogP contribution in [-0.4, -0.2) is 84.3 Å². The second-order valence-electron chi connectivity index (χ2n) is 10.8. The number of halogens is 4. The molecule has 2 N–H and O–H groups in total. The van der Waals surface area contributed by atoms with Gasteiger partial charge in [0.2, 0.25) is 11.5 Å². The molecule has 0 unspecified atom stereocenters. The second kappa shape index (κ2) is 11.3. The van der Waals surface area contributed by atoms with E-state index in [9.17, 15) is 22.8 Å². The van der Waals surface area contributed by atoms with Crippen molar-refractivity contribution >= 4 is 23.2 Å². The van der Waals surface area contributed by atoms with Crippen molar-refractivity contribution in [1.82, 2.24) is 19.9 Å². The van der Waals surface area contributed by atoms with E-state index in [1.54, 1.807) is 0 Å². The minimum atomic E-state index is -4.95. The smallest absolute Gasteiger partial charge is 0.377 e. The molecule has 2 saturated heterocycles. The molecular formula is C28H31F4N7O3. The van der Waals surface area contributed by atoms with E-state index >= 15 is 4.39 Å². The molecule has 5 rings (SSSR count). The largest absolute Gasteiger partial charge is 0.417 e. The van der Waals surface area contributed by atoms with Gasteiger partial charge in [0, 0.05) is 68.0 Å². The lowest BCUT2D eigenvalue weighted by Crippen LogP contribution is -2.55. The first-order chi connectivity index (χ1) is 19.8. The van der Waals surface area contributed by atoms with E-state index in [-0.39, 0.29) is 29.4 Å². The van der Waals surface area contributed by atoms with Crippen molar-refractivity contribution in [2.45, 2.75) is 38.1 Å². The molecule has 2 aliphatic heterocycles. The zero-order chi connectivity index (χ0) is 30.3. The van der Waals surface area contributed by atoms with Crippen LogP contribution in [0.2, 0.25) is 0 Å². The van der Waals surface area contributed by atoms with Crippen molar-refractivity contribution in [3.05, 3.63) is 64.1 Å². The molecule has 1 amide bonds. The van der Waals surface area contributed by atoms with Crippen molar-refractivity contribution in [2.24, 2.45) is 0 Å². The molecule has 1 aromatic carbocycles. The molecule has 14 heteroatoms. The Balaban J connectivity index is 1.54. The molecule has 0 spiro atoms. The van der Waals surface area contributed by atoms with Crippen molar-refractivity contribution < 1.29 is 27.1 Å². The summed E-state index contributed by atoms with van der Waals surface area (Å²) in [4.78, 5) is 41.6. The summed E-state index contributed by atoms with van der Waals surface area (Å²) >= 11 is 0. The first kappa shape index (κ1) is 29.5. The maximum atomic E-state index is 15.7. The molecule has 4 heterocycles. The molecule has 2 aromatic heterocycles. The summed E-state index contributed by atoms with van der Waals surface area (Å²) in [6, 6.07) is 3.26. The van der Waals surface area contributed by atoms with E-state index in [1.165, 1.54) is 24.5 Å². The Morgan fingerprint density at radius 2 is 1.76 bits per heavy atom. The first-order valence-corrected chi connectivity index (χ1v) is 13.4. The lowest BCUT2D eigenvalue weighted by molar-refractivity contribution is -0.138. The number of carbonyl (C=O) groups is 1. The highest BCUT2D eigenvalue weighted by atomic mass is 19.4. The van der Waals surface area contributed by atoms with Gasteiger partial charge in [0.15, 0.2) is 0 Å². The Morgan fingerprint density at radius 3 is 2.33 bits per heavy atom. The zero-order valence-corrected chi connectivity index (χ0v) is 23.5. The van der Waals surface area contributed by atoms with Crippen LogP contribution in [0.3, 0.4) is 0 Å². The number of benzene rings is 1. The third kappa shape index (κ3) is 5.81. The van der Waals surface area contributed by atoms with Gasteiger partial charge in [0.1, 0.15) is 5.82 Å². The number of hydrogen-bond donors (Lipinski definition) is 2. The fraction of sp³-hybridized carbons (Fsp3) is 0.429. The average Bonchev–Trinajstić information content (AvgIpc) is 2.90. The molecule has 0 radical (unpaired) electrons. The number of nitrogens with one attached hydrogen (secondary N) is 2. The molecule has 224 valence electrons. The van der Waals surface area contributed by atoms with Gasteiger partial charge in [-0.25, -0.2) is 14.4 Å². The molecule has 3 aromatic rings. The van der Waals surface area contributed by atoms with Gasteiger partial charge in [-0.3, -0.25) is 14.5 Å². The second-order valence-corrected chi connectivity index (χ2v) is 10.8. The van der Waals surface area contributed by atoms with E-state index in [2.05, 4.69) is 25.2 Å². The Bertz CT molecular complexity index is 1510. The fourth-order valence-electron chi connectivity index (χ4n) is 5.08. The highest BCUT2D eigenvalue weighted by molar-refractivity contribution is 6.07. The molecule has 0 bridgehead atoms. The maximum Gasteiger partial charge on any atom is 0.417 e. The SMILES string of the molecule is C[C@@H]1CN(c2cc(F)c(-c3cnc(N(C)C4COC4)nc3)cc2NC(=O)c2c[nH]c(=O)cc2C(F)(F)F)C[C@H](C)N1C. The van der Waals surface area contributed by atoms with E-state index in [4.69, 9.17) is 4.74 Å².